The van der Waals surface area contributed by atoms with Gasteiger partial charge in [0, 0.05) is 17.0 Å². The molecule has 0 saturated heterocycles. The average molecular weight is 234 g/mol. The van der Waals surface area contributed by atoms with Crippen LogP contribution in [0.15, 0.2) is 24.3 Å². The van der Waals surface area contributed by atoms with Gasteiger partial charge >= 0.3 is 0 Å². The normalized spacial score (nSPS) is 16.4. The third kappa shape index (κ3) is 1.62. The Kier molecular flexibility index (Phi) is 2.42. The molecule has 1 aromatic heterocycles. The van der Waals surface area contributed by atoms with Crippen LogP contribution < -0.4 is 5.32 Å². The molecule has 0 aliphatic carbocycles. The van der Waals surface area contributed by atoms with Gasteiger partial charge < -0.3 is 5.32 Å². The molecule has 2 N–H and O–H groups in total. The Balaban J connectivity index is 2.16. The second-order valence-electron chi connectivity index (χ2n) is 3.95. The summed E-state index contributed by atoms with van der Waals surface area (Å²) in [5, 5.41) is 12.6. The summed E-state index contributed by atoms with van der Waals surface area (Å²) in [4.78, 5) is 0. The Morgan fingerprint density at radius 1 is 1.31 bits per heavy atom. The molecule has 0 spiro atoms. The lowest BCUT2D eigenvalue weighted by Gasteiger charge is -2.12. The van der Waals surface area contributed by atoms with Crippen LogP contribution in [0.5, 0.6) is 0 Å². The highest BCUT2D eigenvalue weighted by Crippen LogP contribution is 2.27. The van der Waals surface area contributed by atoms with Gasteiger partial charge in [-0.05, 0) is 36.7 Å². The van der Waals surface area contributed by atoms with E-state index in [-0.39, 0.29) is 0 Å². The summed E-state index contributed by atoms with van der Waals surface area (Å²) in [6.07, 6.45) is 3.21. The Morgan fingerprint density at radius 3 is 3.06 bits per heavy atom. The largest absolute Gasteiger partial charge is 0.313 e. The summed E-state index contributed by atoms with van der Waals surface area (Å²) in [6.45, 7) is 1.94. The van der Waals surface area contributed by atoms with Crippen LogP contribution in [0, 0.1) is 0 Å². The summed E-state index contributed by atoms with van der Waals surface area (Å²) >= 11 is 6.01. The molecule has 0 saturated carbocycles. The van der Waals surface area contributed by atoms with E-state index in [0.717, 1.165) is 41.1 Å². The van der Waals surface area contributed by atoms with Gasteiger partial charge in [-0.2, -0.15) is 5.10 Å². The SMILES string of the molecule is Clc1ccc2[nH]nc(C3=CCNCC3)c2c1. The standard InChI is InChI=1S/C12H12ClN3/c13-9-1-2-11-10(7-9)12(16-15-11)8-3-5-14-6-4-8/h1-3,7,14H,4-6H2,(H,15,16). The zero-order valence-electron chi connectivity index (χ0n) is 8.76. The molecule has 16 heavy (non-hydrogen) atoms. The third-order valence-electron chi connectivity index (χ3n) is 2.89. The zero-order valence-corrected chi connectivity index (χ0v) is 9.51. The van der Waals surface area contributed by atoms with E-state index in [1.807, 2.05) is 18.2 Å². The second-order valence-corrected chi connectivity index (χ2v) is 4.38. The Bertz CT molecular complexity index is 556. The Hall–Kier alpha value is -1.32. The molecule has 0 bridgehead atoms. The lowest BCUT2D eigenvalue weighted by Crippen LogP contribution is -2.20. The van der Waals surface area contributed by atoms with Crippen molar-refractivity contribution in [3.05, 3.63) is 35.0 Å². The van der Waals surface area contributed by atoms with Gasteiger partial charge in [-0.3, -0.25) is 5.10 Å². The van der Waals surface area contributed by atoms with Crippen LogP contribution in [-0.4, -0.2) is 23.3 Å². The fraction of sp³-hybridized carbons (Fsp3) is 0.250. The van der Waals surface area contributed by atoms with Crippen molar-refractivity contribution in [2.45, 2.75) is 6.42 Å². The van der Waals surface area contributed by atoms with Gasteiger partial charge in [-0.25, -0.2) is 0 Å². The van der Waals surface area contributed by atoms with E-state index in [9.17, 15) is 0 Å². The number of nitrogens with one attached hydrogen (secondary N) is 2. The molecular weight excluding hydrogens is 222 g/mol. The molecule has 2 heterocycles. The van der Waals surface area contributed by atoms with Crippen molar-refractivity contribution in [2.24, 2.45) is 0 Å². The Labute approximate surface area is 98.5 Å². The fourth-order valence-electron chi connectivity index (χ4n) is 2.07. The minimum Gasteiger partial charge on any atom is -0.313 e. The number of hydrogen-bond acceptors (Lipinski definition) is 2. The van der Waals surface area contributed by atoms with Crippen molar-refractivity contribution in [1.29, 1.82) is 0 Å². The molecule has 0 radical (unpaired) electrons. The molecule has 2 aromatic rings. The summed E-state index contributed by atoms with van der Waals surface area (Å²) in [5.41, 5.74) is 3.38. The smallest absolute Gasteiger partial charge is 0.0957 e. The van der Waals surface area contributed by atoms with E-state index in [1.54, 1.807) is 0 Å². The number of H-pyrrole nitrogens is 1. The zero-order chi connectivity index (χ0) is 11.0. The van der Waals surface area contributed by atoms with Crippen LogP contribution in [0.2, 0.25) is 5.02 Å². The number of halogens is 1. The first kappa shape index (κ1) is 9.87. The van der Waals surface area contributed by atoms with Crippen LogP contribution in [0.3, 0.4) is 0 Å². The van der Waals surface area contributed by atoms with Crippen LogP contribution in [0.1, 0.15) is 12.1 Å². The van der Waals surface area contributed by atoms with Crippen molar-refractivity contribution in [1.82, 2.24) is 15.5 Å². The van der Waals surface area contributed by atoms with Gasteiger partial charge in [0.25, 0.3) is 0 Å². The lowest BCUT2D eigenvalue weighted by molar-refractivity contribution is 0.737. The molecule has 82 valence electrons. The van der Waals surface area contributed by atoms with E-state index < -0.39 is 0 Å². The van der Waals surface area contributed by atoms with E-state index in [0.29, 0.717) is 0 Å². The summed E-state index contributed by atoms with van der Waals surface area (Å²) < 4.78 is 0. The molecule has 1 aromatic carbocycles. The summed E-state index contributed by atoms with van der Waals surface area (Å²) in [6, 6.07) is 5.82. The van der Waals surface area contributed by atoms with Gasteiger partial charge in [0.1, 0.15) is 0 Å². The highest BCUT2D eigenvalue weighted by molar-refractivity contribution is 6.31. The first-order chi connectivity index (χ1) is 7.84. The number of benzene rings is 1. The number of fused-ring (bicyclic) bond motifs is 1. The summed E-state index contributed by atoms with van der Waals surface area (Å²) in [5.74, 6) is 0. The fourth-order valence-corrected chi connectivity index (χ4v) is 2.24. The van der Waals surface area contributed by atoms with Crippen molar-refractivity contribution in [2.75, 3.05) is 13.1 Å². The first-order valence-corrected chi connectivity index (χ1v) is 5.76. The van der Waals surface area contributed by atoms with Gasteiger partial charge in [-0.1, -0.05) is 17.7 Å². The number of aromatic amines is 1. The predicted octanol–water partition coefficient (Wildman–Crippen LogP) is 2.59. The van der Waals surface area contributed by atoms with E-state index in [2.05, 4.69) is 21.6 Å². The topological polar surface area (TPSA) is 40.7 Å². The number of hydrogen-bond donors (Lipinski definition) is 2. The number of aromatic nitrogens is 2. The van der Waals surface area contributed by atoms with Crippen LogP contribution in [0.25, 0.3) is 16.5 Å². The quantitative estimate of drug-likeness (QED) is 0.795. The predicted molar refractivity (Wildman–Crippen MR) is 66.6 cm³/mol. The molecule has 3 rings (SSSR count). The minimum absolute atomic E-state index is 0.754. The molecule has 1 aliphatic heterocycles. The van der Waals surface area contributed by atoms with Gasteiger partial charge in [0.05, 0.1) is 11.2 Å². The molecule has 0 amide bonds. The van der Waals surface area contributed by atoms with Crippen molar-refractivity contribution in [3.8, 4) is 0 Å². The molecule has 0 atom stereocenters. The van der Waals surface area contributed by atoms with E-state index in [1.165, 1.54) is 5.57 Å². The molecule has 1 aliphatic rings. The summed E-state index contributed by atoms with van der Waals surface area (Å²) in [7, 11) is 0. The molecule has 4 heteroatoms. The van der Waals surface area contributed by atoms with Crippen LogP contribution >= 0.6 is 11.6 Å². The highest BCUT2D eigenvalue weighted by Gasteiger charge is 2.12. The number of nitrogens with zero attached hydrogens (tertiary/aromatic N) is 1. The molecule has 0 unspecified atom stereocenters. The van der Waals surface area contributed by atoms with Gasteiger partial charge in [0.15, 0.2) is 0 Å². The van der Waals surface area contributed by atoms with E-state index >= 15 is 0 Å². The van der Waals surface area contributed by atoms with Crippen LogP contribution in [0.4, 0.5) is 0 Å². The Morgan fingerprint density at radius 2 is 2.25 bits per heavy atom. The van der Waals surface area contributed by atoms with Crippen molar-refractivity contribution in [3.63, 3.8) is 0 Å². The van der Waals surface area contributed by atoms with Gasteiger partial charge in [-0.15, -0.1) is 0 Å². The molecular formula is C12H12ClN3. The van der Waals surface area contributed by atoms with E-state index in [4.69, 9.17) is 11.6 Å². The van der Waals surface area contributed by atoms with Crippen molar-refractivity contribution >= 4 is 28.1 Å². The maximum Gasteiger partial charge on any atom is 0.0957 e. The molecule has 0 fully saturated rings. The lowest BCUT2D eigenvalue weighted by atomic mass is 10.0. The maximum absolute atomic E-state index is 6.01. The van der Waals surface area contributed by atoms with Gasteiger partial charge in [0.2, 0.25) is 0 Å². The maximum atomic E-state index is 6.01. The minimum atomic E-state index is 0.754. The third-order valence-corrected chi connectivity index (χ3v) is 3.13. The van der Waals surface area contributed by atoms with Crippen LogP contribution in [-0.2, 0) is 0 Å². The second kappa shape index (κ2) is 3.92. The van der Waals surface area contributed by atoms with Crippen molar-refractivity contribution < 1.29 is 0 Å². The molecule has 3 nitrogen and oxygen atoms in total. The number of rotatable bonds is 1. The average Bonchev–Trinajstić information content (AvgIpc) is 2.73. The monoisotopic (exact) mass is 233 g/mol. The highest BCUT2D eigenvalue weighted by atomic mass is 35.5. The first-order valence-electron chi connectivity index (χ1n) is 5.38.